The van der Waals surface area contributed by atoms with Crippen LogP contribution in [0.5, 0.6) is 0 Å². The minimum Gasteiger partial charge on any atom is -0.319 e. The lowest BCUT2D eigenvalue weighted by molar-refractivity contribution is 0.278. The fraction of sp³-hybridized carbons (Fsp3) is 0.636. The molecule has 2 unspecified atom stereocenters. The molecule has 0 saturated carbocycles. The standard InChI is InChI=1S/C11H17BrN2S/c1-13-6-8-3-4-14(2)11(8)10-5-9(12)7-15-10/h5,7-8,11,13H,3-4,6H2,1-2H3. The SMILES string of the molecule is CNCC1CCN(C)C1c1cc(Br)cs1. The van der Waals surface area contributed by atoms with Gasteiger partial charge < -0.3 is 5.32 Å². The Balaban J connectivity index is 2.17. The summed E-state index contributed by atoms with van der Waals surface area (Å²) in [5.74, 6) is 0.755. The number of halogens is 1. The average Bonchev–Trinajstić information content (AvgIpc) is 2.74. The van der Waals surface area contributed by atoms with E-state index in [4.69, 9.17) is 0 Å². The van der Waals surface area contributed by atoms with Gasteiger partial charge in [-0.3, -0.25) is 4.90 Å². The Kier molecular flexibility index (Phi) is 3.83. The maximum Gasteiger partial charge on any atom is 0.0479 e. The molecule has 84 valence electrons. The van der Waals surface area contributed by atoms with Gasteiger partial charge in [0, 0.05) is 20.8 Å². The van der Waals surface area contributed by atoms with E-state index < -0.39 is 0 Å². The van der Waals surface area contributed by atoms with Crippen LogP contribution in [0, 0.1) is 5.92 Å². The monoisotopic (exact) mass is 288 g/mol. The lowest BCUT2D eigenvalue weighted by Crippen LogP contribution is -2.26. The molecular weight excluding hydrogens is 272 g/mol. The summed E-state index contributed by atoms with van der Waals surface area (Å²) < 4.78 is 1.21. The highest BCUT2D eigenvalue weighted by molar-refractivity contribution is 9.10. The topological polar surface area (TPSA) is 15.3 Å². The van der Waals surface area contributed by atoms with Crippen LogP contribution in [0.2, 0.25) is 0 Å². The van der Waals surface area contributed by atoms with Crippen molar-refractivity contribution in [3.8, 4) is 0 Å². The summed E-state index contributed by atoms with van der Waals surface area (Å²) >= 11 is 5.40. The van der Waals surface area contributed by atoms with Crippen LogP contribution in [-0.4, -0.2) is 32.1 Å². The van der Waals surface area contributed by atoms with Gasteiger partial charge in [0.2, 0.25) is 0 Å². The summed E-state index contributed by atoms with van der Waals surface area (Å²) in [5.41, 5.74) is 0. The molecule has 0 amide bonds. The molecule has 2 heterocycles. The molecule has 2 atom stereocenters. The molecule has 2 rings (SSSR count). The summed E-state index contributed by atoms with van der Waals surface area (Å²) in [7, 11) is 4.27. The summed E-state index contributed by atoms with van der Waals surface area (Å²) in [5, 5.41) is 5.48. The van der Waals surface area contributed by atoms with Gasteiger partial charge in [0.25, 0.3) is 0 Å². The van der Waals surface area contributed by atoms with Crippen LogP contribution in [0.3, 0.4) is 0 Å². The Morgan fingerprint density at radius 2 is 2.47 bits per heavy atom. The molecule has 1 fully saturated rings. The van der Waals surface area contributed by atoms with Gasteiger partial charge in [-0.2, -0.15) is 0 Å². The van der Waals surface area contributed by atoms with Crippen molar-refractivity contribution < 1.29 is 0 Å². The highest BCUT2D eigenvalue weighted by Gasteiger charge is 2.33. The fourth-order valence-electron chi connectivity index (χ4n) is 2.44. The van der Waals surface area contributed by atoms with Crippen molar-refractivity contribution in [1.82, 2.24) is 10.2 Å². The molecule has 0 aliphatic carbocycles. The molecule has 0 bridgehead atoms. The third-order valence-electron chi connectivity index (χ3n) is 3.12. The molecule has 1 saturated heterocycles. The zero-order valence-corrected chi connectivity index (χ0v) is 11.6. The third kappa shape index (κ3) is 2.44. The summed E-state index contributed by atoms with van der Waals surface area (Å²) in [6.45, 7) is 2.33. The second-order valence-electron chi connectivity index (χ2n) is 4.20. The van der Waals surface area contributed by atoms with Crippen molar-refractivity contribution in [2.75, 3.05) is 27.2 Å². The van der Waals surface area contributed by atoms with Crippen LogP contribution in [0.25, 0.3) is 0 Å². The number of rotatable bonds is 3. The Labute approximate surface area is 104 Å². The van der Waals surface area contributed by atoms with E-state index in [0.717, 1.165) is 12.5 Å². The smallest absolute Gasteiger partial charge is 0.0479 e. The molecule has 2 nitrogen and oxygen atoms in total. The van der Waals surface area contributed by atoms with Gasteiger partial charge in [-0.25, -0.2) is 0 Å². The molecule has 4 heteroatoms. The van der Waals surface area contributed by atoms with Gasteiger partial charge in [0.15, 0.2) is 0 Å². The predicted octanol–water partition coefficient (Wildman–Crippen LogP) is 2.72. The molecule has 1 aliphatic heterocycles. The van der Waals surface area contributed by atoms with Gasteiger partial charge in [-0.1, -0.05) is 0 Å². The van der Waals surface area contributed by atoms with Crippen LogP contribution in [-0.2, 0) is 0 Å². The van der Waals surface area contributed by atoms with E-state index >= 15 is 0 Å². The molecule has 1 aromatic heterocycles. The zero-order chi connectivity index (χ0) is 10.8. The fourth-order valence-corrected chi connectivity index (χ4v) is 4.14. The zero-order valence-electron chi connectivity index (χ0n) is 9.16. The maximum absolute atomic E-state index is 3.53. The first-order valence-electron chi connectivity index (χ1n) is 5.31. The quantitative estimate of drug-likeness (QED) is 0.920. The summed E-state index contributed by atoms with van der Waals surface area (Å²) in [6.07, 6.45) is 1.30. The number of hydrogen-bond acceptors (Lipinski definition) is 3. The predicted molar refractivity (Wildman–Crippen MR) is 69.4 cm³/mol. The van der Waals surface area contributed by atoms with E-state index in [1.54, 1.807) is 0 Å². The van der Waals surface area contributed by atoms with Crippen molar-refractivity contribution in [3.05, 3.63) is 20.8 Å². The second-order valence-corrected chi connectivity index (χ2v) is 6.06. The van der Waals surface area contributed by atoms with E-state index in [1.165, 1.54) is 22.3 Å². The normalized spacial score (nSPS) is 27.4. The van der Waals surface area contributed by atoms with Crippen molar-refractivity contribution in [2.24, 2.45) is 5.92 Å². The summed E-state index contributed by atoms with van der Waals surface area (Å²) in [4.78, 5) is 3.96. The van der Waals surface area contributed by atoms with Crippen LogP contribution in [0.15, 0.2) is 15.9 Å². The molecule has 0 aromatic carbocycles. The minimum absolute atomic E-state index is 0.605. The van der Waals surface area contributed by atoms with Crippen LogP contribution in [0.4, 0.5) is 0 Å². The van der Waals surface area contributed by atoms with E-state index in [9.17, 15) is 0 Å². The molecule has 1 aliphatic rings. The highest BCUT2D eigenvalue weighted by Crippen LogP contribution is 2.39. The van der Waals surface area contributed by atoms with Gasteiger partial charge in [-0.15, -0.1) is 11.3 Å². The summed E-state index contributed by atoms with van der Waals surface area (Å²) in [6, 6.07) is 2.87. The van der Waals surface area contributed by atoms with Crippen molar-refractivity contribution in [3.63, 3.8) is 0 Å². The lowest BCUT2D eigenvalue weighted by Gasteiger charge is -2.23. The Morgan fingerprint density at radius 1 is 1.67 bits per heavy atom. The van der Waals surface area contributed by atoms with E-state index in [2.05, 4.69) is 44.6 Å². The maximum atomic E-state index is 3.53. The molecule has 1 aromatic rings. The van der Waals surface area contributed by atoms with Crippen LogP contribution < -0.4 is 5.32 Å². The average molecular weight is 289 g/mol. The first-order chi connectivity index (χ1) is 7.22. The molecule has 0 radical (unpaired) electrons. The van der Waals surface area contributed by atoms with E-state index in [0.29, 0.717) is 6.04 Å². The van der Waals surface area contributed by atoms with Gasteiger partial charge in [-0.05, 0) is 61.5 Å². The largest absolute Gasteiger partial charge is 0.319 e. The number of likely N-dealkylation sites (tertiary alicyclic amines) is 1. The van der Waals surface area contributed by atoms with E-state index in [-0.39, 0.29) is 0 Å². The molecular formula is C11H17BrN2S. The van der Waals surface area contributed by atoms with Crippen LogP contribution >= 0.6 is 27.3 Å². The first kappa shape index (κ1) is 11.6. The number of thiophene rings is 1. The van der Waals surface area contributed by atoms with Crippen LogP contribution in [0.1, 0.15) is 17.3 Å². The third-order valence-corrected chi connectivity index (χ3v) is 4.88. The Hall–Kier alpha value is 0.1000. The molecule has 15 heavy (non-hydrogen) atoms. The van der Waals surface area contributed by atoms with Gasteiger partial charge in [0.05, 0.1) is 0 Å². The lowest BCUT2D eigenvalue weighted by atomic mass is 9.99. The Bertz CT molecular complexity index is 324. The van der Waals surface area contributed by atoms with Gasteiger partial charge >= 0.3 is 0 Å². The van der Waals surface area contributed by atoms with Crippen molar-refractivity contribution >= 4 is 27.3 Å². The number of nitrogens with zero attached hydrogens (tertiary/aromatic N) is 1. The minimum atomic E-state index is 0.605. The van der Waals surface area contributed by atoms with Gasteiger partial charge in [0.1, 0.15) is 0 Å². The Morgan fingerprint density at radius 3 is 3.07 bits per heavy atom. The number of hydrogen-bond donors (Lipinski definition) is 1. The first-order valence-corrected chi connectivity index (χ1v) is 6.98. The van der Waals surface area contributed by atoms with Crippen molar-refractivity contribution in [2.45, 2.75) is 12.5 Å². The molecule has 0 spiro atoms. The highest BCUT2D eigenvalue weighted by atomic mass is 79.9. The van der Waals surface area contributed by atoms with E-state index in [1.807, 2.05) is 18.4 Å². The molecule has 1 N–H and O–H groups in total. The second kappa shape index (κ2) is 4.95. The van der Waals surface area contributed by atoms with Crippen molar-refractivity contribution in [1.29, 1.82) is 0 Å². The number of nitrogens with one attached hydrogen (secondary N) is 1.